The first-order valence-corrected chi connectivity index (χ1v) is 10.5. The molecule has 0 saturated heterocycles. The highest BCUT2D eigenvalue weighted by Crippen LogP contribution is 2.31. The average Bonchev–Trinajstić information content (AvgIpc) is 3.33. The predicted octanol–water partition coefficient (Wildman–Crippen LogP) is 2.78. The molecule has 1 aromatic carbocycles. The largest absolute Gasteiger partial charge is 0.318 e. The highest BCUT2D eigenvalue weighted by atomic mass is 32.1. The highest BCUT2D eigenvalue weighted by molar-refractivity contribution is 7.10. The van der Waals surface area contributed by atoms with Gasteiger partial charge >= 0.3 is 0 Å². The van der Waals surface area contributed by atoms with Crippen LogP contribution in [0.5, 0.6) is 0 Å². The second kappa shape index (κ2) is 6.46. The molecule has 1 aliphatic heterocycles. The third kappa shape index (κ3) is 2.70. The first-order chi connectivity index (χ1) is 12.8. The maximum atomic E-state index is 12.4. The number of hydrogen-bond acceptors (Lipinski definition) is 4. The van der Waals surface area contributed by atoms with Crippen LogP contribution in [0.4, 0.5) is 0 Å². The minimum Gasteiger partial charge on any atom is -0.318 e. The van der Waals surface area contributed by atoms with E-state index in [9.17, 15) is 4.79 Å². The molecule has 4 nitrogen and oxygen atoms in total. The van der Waals surface area contributed by atoms with Crippen molar-refractivity contribution in [3.8, 4) is 0 Å². The third-order valence-electron chi connectivity index (χ3n) is 5.06. The number of benzene rings is 1. The van der Waals surface area contributed by atoms with Crippen molar-refractivity contribution in [2.45, 2.75) is 19.0 Å². The van der Waals surface area contributed by atoms with Gasteiger partial charge in [-0.2, -0.15) is 0 Å². The van der Waals surface area contributed by atoms with Crippen molar-refractivity contribution in [3.63, 3.8) is 0 Å². The molecule has 0 saturated carbocycles. The van der Waals surface area contributed by atoms with Gasteiger partial charge in [-0.25, -0.2) is 4.98 Å². The fraction of sp³-hybridized carbons (Fsp3) is 0.200. The summed E-state index contributed by atoms with van der Waals surface area (Å²) in [4.78, 5) is 24.4. The van der Waals surface area contributed by atoms with Crippen LogP contribution in [0.25, 0.3) is 10.9 Å². The average molecular weight is 381 g/mol. The molecular formula is C20H18N3OS2+. The fourth-order valence-electron chi connectivity index (χ4n) is 3.88. The lowest BCUT2D eigenvalue weighted by molar-refractivity contribution is -0.941. The van der Waals surface area contributed by atoms with E-state index in [4.69, 9.17) is 4.98 Å². The molecule has 1 unspecified atom stereocenters. The van der Waals surface area contributed by atoms with E-state index in [0.717, 1.165) is 30.9 Å². The van der Waals surface area contributed by atoms with Gasteiger partial charge in [0.15, 0.2) is 5.82 Å². The third-order valence-corrected chi connectivity index (χ3v) is 6.99. The number of thiophene rings is 2. The van der Waals surface area contributed by atoms with E-state index < -0.39 is 0 Å². The van der Waals surface area contributed by atoms with Gasteiger partial charge < -0.3 is 9.88 Å². The summed E-state index contributed by atoms with van der Waals surface area (Å²) in [5, 5.41) is 4.99. The second-order valence-electron chi connectivity index (χ2n) is 6.61. The number of quaternary nitrogens is 1. The molecule has 3 aromatic heterocycles. The van der Waals surface area contributed by atoms with Crippen LogP contribution in [0.1, 0.15) is 27.2 Å². The monoisotopic (exact) mass is 380 g/mol. The summed E-state index contributed by atoms with van der Waals surface area (Å²) in [6.45, 7) is 1.77. The van der Waals surface area contributed by atoms with Gasteiger partial charge in [-0.15, -0.1) is 22.7 Å². The molecule has 4 aromatic rings. The van der Waals surface area contributed by atoms with Gasteiger partial charge in [0.1, 0.15) is 12.6 Å². The molecule has 2 atom stereocenters. The van der Waals surface area contributed by atoms with Crippen molar-refractivity contribution in [2.75, 3.05) is 6.54 Å². The molecule has 5 rings (SSSR count). The summed E-state index contributed by atoms with van der Waals surface area (Å²) in [5.41, 5.74) is 2.15. The van der Waals surface area contributed by atoms with Gasteiger partial charge in [-0.1, -0.05) is 18.2 Å². The molecular weight excluding hydrogens is 362 g/mol. The van der Waals surface area contributed by atoms with Crippen molar-refractivity contribution in [2.24, 2.45) is 0 Å². The maximum Gasteiger partial charge on any atom is 0.258 e. The zero-order valence-corrected chi connectivity index (χ0v) is 15.7. The van der Waals surface area contributed by atoms with Crippen molar-refractivity contribution in [3.05, 3.63) is 84.7 Å². The van der Waals surface area contributed by atoms with E-state index in [1.54, 1.807) is 0 Å². The lowest BCUT2D eigenvalue weighted by Crippen LogP contribution is -3.12. The molecule has 0 fully saturated rings. The van der Waals surface area contributed by atoms with Crippen LogP contribution in [-0.4, -0.2) is 16.5 Å². The molecule has 0 radical (unpaired) electrons. The number of aromatic amines is 1. The lowest BCUT2D eigenvalue weighted by atomic mass is 9.98. The van der Waals surface area contributed by atoms with Gasteiger partial charge in [-0.3, -0.25) is 4.79 Å². The number of nitrogens with one attached hydrogen (secondary N) is 2. The Morgan fingerprint density at radius 2 is 2.04 bits per heavy atom. The summed E-state index contributed by atoms with van der Waals surface area (Å²) >= 11 is 3.66. The Balaban J connectivity index is 1.54. The van der Waals surface area contributed by atoms with Crippen LogP contribution in [-0.2, 0) is 13.0 Å². The molecule has 0 amide bonds. The molecule has 0 aliphatic carbocycles. The Labute approximate surface area is 158 Å². The van der Waals surface area contributed by atoms with Crippen LogP contribution >= 0.6 is 22.7 Å². The summed E-state index contributed by atoms with van der Waals surface area (Å²) in [6, 6.07) is 14.5. The van der Waals surface area contributed by atoms with Gasteiger partial charge in [0.2, 0.25) is 0 Å². The molecule has 4 heterocycles. The normalized spacial score (nSPS) is 19.5. The molecule has 1 aliphatic rings. The van der Waals surface area contributed by atoms with E-state index in [2.05, 4.69) is 33.9 Å². The zero-order valence-electron chi connectivity index (χ0n) is 14.1. The fourth-order valence-corrected chi connectivity index (χ4v) is 5.71. The first kappa shape index (κ1) is 15.9. The Bertz CT molecular complexity index is 1110. The summed E-state index contributed by atoms with van der Waals surface area (Å²) in [6.07, 6.45) is 1.09. The van der Waals surface area contributed by atoms with E-state index >= 15 is 0 Å². The van der Waals surface area contributed by atoms with E-state index in [-0.39, 0.29) is 5.56 Å². The molecule has 2 N–H and O–H groups in total. The van der Waals surface area contributed by atoms with Gasteiger partial charge in [0.05, 0.1) is 22.3 Å². The zero-order chi connectivity index (χ0) is 17.5. The quantitative estimate of drug-likeness (QED) is 0.574. The lowest BCUT2D eigenvalue weighted by Gasteiger charge is -2.31. The number of rotatable bonds is 3. The second-order valence-corrected chi connectivity index (χ2v) is 8.59. The van der Waals surface area contributed by atoms with Crippen molar-refractivity contribution in [1.82, 2.24) is 9.97 Å². The van der Waals surface area contributed by atoms with E-state index in [1.807, 2.05) is 46.9 Å². The van der Waals surface area contributed by atoms with Gasteiger partial charge in [-0.05, 0) is 35.0 Å². The number of fused-ring (bicyclic) bond motifs is 2. The minimum absolute atomic E-state index is 0.0501. The minimum atomic E-state index is -0.0501. The van der Waals surface area contributed by atoms with Crippen LogP contribution < -0.4 is 10.5 Å². The molecule has 26 heavy (non-hydrogen) atoms. The van der Waals surface area contributed by atoms with Crippen LogP contribution in [0.15, 0.2) is 58.0 Å². The van der Waals surface area contributed by atoms with Crippen LogP contribution in [0, 0.1) is 0 Å². The maximum absolute atomic E-state index is 12.4. The Morgan fingerprint density at radius 1 is 1.12 bits per heavy atom. The molecule has 6 heteroatoms. The molecule has 0 bridgehead atoms. The van der Waals surface area contributed by atoms with E-state index in [1.165, 1.54) is 20.2 Å². The molecule has 0 spiro atoms. The van der Waals surface area contributed by atoms with Crippen molar-refractivity contribution < 1.29 is 4.90 Å². The van der Waals surface area contributed by atoms with Gasteiger partial charge in [0.25, 0.3) is 5.56 Å². The van der Waals surface area contributed by atoms with Gasteiger partial charge in [0, 0.05) is 16.9 Å². The van der Waals surface area contributed by atoms with Crippen molar-refractivity contribution in [1.29, 1.82) is 0 Å². The number of H-pyrrole nitrogens is 1. The van der Waals surface area contributed by atoms with Crippen LogP contribution in [0.2, 0.25) is 0 Å². The predicted molar refractivity (Wildman–Crippen MR) is 106 cm³/mol. The SMILES string of the molecule is O=c1[nH]c(C[NH+]2CCc3sccc3[C@H]2c2cccs2)nc2ccccc12. The van der Waals surface area contributed by atoms with E-state index in [0.29, 0.717) is 11.4 Å². The van der Waals surface area contributed by atoms with Crippen molar-refractivity contribution >= 4 is 33.6 Å². The highest BCUT2D eigenvalue weighted by Gasteiger charge is 2.34. The Morgan fingerprint density at radius 3 is 2.92 bits per heavy atom. The Hall–Kier alpha value is -2.28. The van der Waals surface area contributed by atoms with Crippen LogP contribution in [0.3, 0.4) is 0 Å². The summed E-state index contributed by atoms with van der Waals surface area (Å²) < 4.78 is 0. The Kier molecular flexibility index (Phi) is 3.96. The smallest absolute Gasteiger partial charge is 0.258 e. The number of para-hydroxylation sites is 1. The number of hydrogen-bond donors (Lipinski definition) is 2. The topological polar surface area (TPSA) is 50.2 Å². The number of nitrogens with zero attached hydrogens (tertiary/aromatic N) is 1. The standard InChI is InChI=1S/C20H17N3OS2/c24-20-13-4-1-2-5-15(13)21-18(22-20)12-23-9-7-16-14(8-11-26-16)19(23)17-6-3-10-25-17/h1-6,8,10-11,19H,7,9,12H2,(H,21,22,24)/p+1/t19-/m0/s1. The number of aromatic nitrogens is 2. The summed E-state index contributed by atoms with van der Waals surface area (Å²) in [7, 11) is 0. The molecule has 130 valence electrons. The first-order valence-electron chi connectivity index (χ1n) is 8.72. The summed E-state index contributed by atoms with van der Waals surface area (Å²) in [5.74, 6) is 0.768.